The quantitative estimate of drug-likeness (QED) is 0.539. The average molecular weight is 374 g/mol. The number of aryl methyl sites for hydroxylation is 2. The van der Waals surface area contributed by atoms with Crippen molar-refractivity contribution in [3.8, 4) is 28.3 Å². The predicted octanol–water partition coefficient (Wildman–Crippen LogP) is 3.81. The fraction of sp³-hybridized carbons (Fsp3) is 0.182. The van der Waals surface area contributed by atoms with Crippen molar-refractivity contribution in [2.24, 2.45) is 0 Å². The molecule has 6 nitrogen and oxygen atoms in total. The second kappa shape index (κ2) is 7.60. The molecule has 0 unspecified atom stereocenters. The third-order valence-corrected chi connectivity index (χ3v) is 4.79. The van der Waals surface area contributed by atoms with Crippen LogP contribution in [-0.2, 0) is 13.1 Å². The van der Waals surface area contributed by atoms with Gasteiger partial charge in [0.2, 0.25) is 5.88 Å². The van der Waals surface area contributed by atoms with Gasteiger partial charge in [-0.1, -0.05) is 54.6 Å². The summed E-state index contributed by atoms with van der Waals surface area (Å²) in [7, 11) is 0. The zero-order chi connectivity index (χ0) is 19.5. The molecule has 0 saturated heterocycles. The van der Waals surface area contributed by atoms with E-state index in [9.17, 15) is 9.90 Å². The summed E-state index contributed by atoms with van der Waals surface area (Å²) in [5.74, 6) is -0.101. The number of H-pyrrole nitrogens is 1. The van der Waals surface area contributed by atoms with Crippen molar-refractivity contribution in [3.05, 3.63) is 83.3 Å². The molecule has 0 aliphatic carbocycles. The molecule has 2 N–H and O–H groups in total. The highest BCUT2D eigenvalue weighted by Gasteiger charge is 2.15. The van der Waals surface area contributed by atoms with Gasteiger partial charge in [0.25, 0.3) is 0 Å². The molecule has 4 aromatic rings. The summed E-state index contributed by atoms with van der Waals surface area (Å²) in [6.07, 6.45) is 4.51. The fourth-order valence-corrected chi connectivity index (χ4v) is 3.42. The van der Waals surface area contributed by atoms with Crippen molar-refractivity contribution >= 4 is 0 Å². The molecule has 142 valence electrons. The third-order valence-electron chi connectivity index (χ3n) is 4.79. The van der Waals surface area contributed by atoms with Crippen molar-refractivity contribution < 1.29 is 5.11 Å². The van der Waals surface area contributed by atoms with E-state index in [1.165, 1.54) is 0 Å². The lowest BCUT2D eigenvalue weighted by Crippen LogP contribution is -2.18. The number of rotatable bonds is 6. The van der Waals surface area contributed by atoms with E-state index in [0.717, 1.165) is 35.3 Å². The van der Waals surface area contributed by atoms with Gasteiger partial charge < -0.3 is 9.67 Å². The number of aromatic amines is 1. The minimum absolute atomic E-state index is 0.101. The first-order valence-corrected chi connectivity index (χ1v) is 9.28. The molecule has 0 atom stereocenters. The van der Waals surface area contributed by atoms with Gasteiger partial charge in [0, 0.05) is 24.8 Å². The number of imidazole rings is 2. The summed E-state index contributed by atoms with van der Waals surface area (Å²) in [4.78, 5) is 19.0. The molecular weight excluding hydrogens is 352 g/mol. The number of benzene rings is 2. The summed E-state index contributed by atoms with van der Waals surface area (Å²) in [5.41, 5.74) is 4.20. The highest BCUT2D eigenvalue weighted by atomic mass is 16.3. The summed E-state index contributed by atoms with van der Waals surface area (Å²) in [6, 6.07) is 18.0. The fourth-order valence-electron chi connectivity index (χ4n) is 3.42. The summed E-state index contributed by atoms with van der Waals surface area (Å²) < 4.78 is 3.60. The largest absolute Gasteiger partial charge is 0.493 e. The maximum Gasteiger partial charge on any atom is 0.328 e. The Morgan fingerprint density at radius 3 is 2.32 bits per heavy atom. The highest BCUT2D eigenvalue weighted by Crippen LogP contribution is 2.29. The minimum atomic E-state index is -0.304. The van der Waals surface area contributed by atoms with E-state index in [-0.39, 0.29) is 11.6 Å². The second-order valence-corrected chi connectivity index (χ2v) is 6.83. The van der Waals surface area contributed by atoms with Crippen LogP contribution in [0.25, 0.3) is 22.4 Å². The van der Waals surface area contributed by atoms with Crippen molar-refractivity contribution in [2.45, 2.75) is 26.4 Å². The van der Waals surface area contributed by atoms with Crippen molar-refractivity contribution in [1.29, 1.82) is 0 Å². The highest BCUT2D eigenvalue weighted by molar-refractivity contribution is 5.71. The Morgan fingerprint density at radius 2 is 1.64 bits per heavy atom. The van der Waals surface area contributed by atoms with Crippen molar-refractivity contribution in [1.82, 2.24) is 19.1 Å². The van der Waals surface area contributed by atoms with Gasteiger partial charge >= 0.3 is 5.69 Å². The van der Waals surface area contributed by atoms with Crippen molar-refractivity contribution in [3.63, 3.8) is 0 Å². The molecule has 0 aliphatic heterocycles. The molecule has 28 heavy (non-hydrogen) atoms. The number of aromatic nitrogens is 4. The van der Waals surface area contributed by atoms with E-state index < -0.39 is 0 Å². The number of nitrogens with one attached hydrogen (secondary N) is 1. The number of nitrogens with zero attached hydrogens (tertiary/aromatic N) is 3. The summed E-state index contributed by atoms with van der Waals surface area (Å²) in [6.45, 7) is 3.21. The summed E-state index contributed by atoms with van der Waals surface area (Å²) >= 11 is 0. The lowest BCUT2D eigenvalue weighted by molar-refractivity contribution is 0.457. The second-order valence-electron chi connectivity index (χ2n) is 6.83. The molecule has 0 aliphatic rings. The monoisotopic (exact) mass is 374 g/mol. The number of hydrogen-bond acceptors (Lipinski definition) is 3. The lowest BCUT2D eigenvalue weighted by Gasteiger charge is -2.09. The molecule has 6 heteroatoms. The molecule has 2 aromatic carbocycles. The lowest BCUT2D eigenvalue weighted by atomic mass is 10.0. The Kier molecular flexibility index (Phi) is 4.85. The molecule has 2 aromatic heterocycles. The van der Waals surface area contributed by atoms with Crippen LogP contribution in [0.3, 0.4) is 0 Å². The van der Waals surface area contributed by atoms with Gasteiger partial charge in [0.1, 0.15) is 5.69 Å². The Bertz CT molecular complexity index is 1120. The molecule has 0 radical (unpaired) electrons. The topological polar surface area (TPSA) is 75.8 Å². The van der Waals surface area contributed by atoms with E-state index in [0.29, 0.717) is 12.2 Å². The normalized spacial score (nSPS) is 11.0. The molecule has 4 rings (SSSR count). The minimum Gasteiger partial charge on any atom is -0.493 e. The average Bonchev–Trinajstić information content (AvgIpc) is 3.25. The van der Waals surface area contributed by atoms with E-state index >= 15 is 0 Å². The van der Waals surface area contributed by atoms with E-state index in [1.54, 1.807) is 10.9 Å². The number of hydrogen-bond donors (Lipinski definition) is 2. The van der Waals surface area contributed by atoms with Gasteiger partial charge in [-0.15, -0.1) is 0 Å². The van der Waals surface area contributed by atoms with Crippen LogP contribution in [0.2, 0.25) is 0 Å². The van der Waals surface area contributed by atoms with Crippen LogP contribution >= 0.6 is 0 Å². The first-order chi connectivity index (χ1) is 13.6. The van der Waals surface area contributed by atoms with Gasteiger partial charge in [-0.2, -0.15) is 0 Å². The first-order valence-electron chi connectivity index (χ1n) is 9.28. The smallest absolute Gasteiger partial charge is 0.328 e. The first kappa shape index (κ1) is 17.9. The molecule has 0 saturated carbocycles. The maximum atomic E-state index is 12.3. The van der Waals surface area contributed by atoms with Crippen molar-refractivity contribution in [2.75, 3.05) is 0 Å². The van der Waals surface area contributed by atoms with E-state index in [2.05, 4.69) is 22.1 Å². The Hall–Kier alpha value is -3.54. The Labute approximate surface area is 162 Å². The van der Waals surface area contributed by atoms with E-state index in [4.69, 9.17) is 0 Å². The third kappa shape index (κ3) is 3.62. The van der Waals surface area contributed by atoms with Gasteiger partial charge in [-0.3, -0.25) is 9.55 Å². The molecule has 0 fully saturated rings. The Balaban J connectivity index is 1.56. The van der Waals surface area contributed by atoms with Crippen LogP contribution in [0, 0.1) is 6.92 Å². The van der Waals surface area contributed by atoms with Gasteiger partial charge in [0.05, 0.1) is 12.0 Å². The van der Waals surface area contributed by atoms with Crippen LogP contribution in [0.4, 0.5) is 0 Å². The predicted molar refractivity (Wildman–Crippen MR) is 109 cm³/mol. The Morgan fingerprint density at radius 1 is 0.964 bits per heavy atom. The molecule has 0 amide bonds. The van der Waals surface area contributed by atoms with Crippen LogP contribution in [0.5, 0.6) is 5.88 Å². The zero-order valence-electron chi connectivity index (χ0n) is 15.7. The van der Waals surface area contributed by atoms with Gasteiger partial charge in [0.15, 0.2) is 0 Å². The van der Waals surface area contributed by atoms with Crippen LogP contribution < -0.4 is 5.69 Å². The maximum absolute atomic E-state index is 12.3. The van der Waals surface area contributed by atoms with E-state index in [1.807, 2.05) is 60.2 Å². The zero-order valence-corrected chi connectivity index (χ0v) is 15.7. The molecule has 0 bridgehead atoms. The van der Waals surface area contributed by atoms with Crippen LogP contribution in [0.1, 0.15) is 12.1 Å². The molecule has 0 spiro atoms. The SMILES string of the molecule is Cc1cn(CCCn2c(-c3ccc(-c4ccccc4)cc3)c(O)[nH]c2=O)cn1. The van der Waals surface area contributed by atoms with Gasteiger partial charge in [-0.05, 0) is 24.5 Å². The molecule has 2 heterocycles. The van der Waals surface area contributed by atoms with Gasteiger partial charge in [-0.25, -0.2) is 9.78 Å². The van der Waals surface area contributed by atoms with Crippen LogP contribution in [0.15, 0.2) is 71.9 Å². The standard InChI is InChI=1S/C22H22N4O2/c1-16-14-25(15-23-16)12-5-13-26-20(21(27)24-22(26)28)19-10-8-18(9-11-19)17-6-3-2-4-7-17/h2-4,6-11,14-15,27H,5,12-13H2,1H3,(H,24,28). The van der Waals surface area contributed by atoms with Crippen LogP contribution in [-0.4, -0.2) is 24.2 Å². The number of aromatic hydroxyl groups is 1. The molecular formula is C22H22N4O2. The summed E-state index contributed by atoms with van der Waals surface area (Å²) in [5, 5.41) is 10.3.